The summed E-state index contributed by atoms with van der Waals surface area (Å²) in [6.07, 6.45) is 52.1. The summed E-state index contributed by atoms with van der Waals surface area (Å²) in [5, 5.41) is 2.94. The van der Waals surface area contributed by atoms with Gasteiger partial charge in [-0.05, 0) is 104 Å². The van der Waals surface area contributed by atoms with E-state index in [9.17, 15) is 4.79 Å². The maximum Gasteiger partial charge on any atom is 0.407 e. The van der Waals surface area contributed by atoms with Gasteiger partial charge in [0.15, 0.2) is 0 Å². The van der Waals surface area contributed by atoms with Crippen LogP contribution in [0.25, 0.3) is 0 Å². The molecular formula is C43H80N2O2. The summed E-state index contributed by atoms with van der Waals surface area (Å²) < 4.78 is 5.89. The van der Waals surface area contributed by atoms with Gasteiger partial charge in [-0.15, -0.1) is 0 Å². The Kier molecular flexibility index (Phi) is 37.1. The molecule has 0 saturated heterocycles. The molecule has 4 heteroatoms. The van der Waals surface area contributed by atoms with Gasteiger partial charge in [0.05, 0.1) is 0 Å². The molecule has 47 heavy (non-hydrogen) atoms. The fourth-order valence-corrected chi connectivity index (χ4v) is 5.73. The van der Waals surface area contributed by atoms with Crippen molar-refractivity contribution in [3.63, 3.8) is 0 Å². The van der Waals surface area contributed by atoms with E-state index in [1.54, 1.807) is 0 Å². The monoisotopic (exact) mass is 657 g/mol. The Hall–Kier alpha value is -1.81. The Bertz CT molecular complexity index is 755. The minimum Gasteiger partial charge on any atom is -0.446 e. The van der Waals surface area contributed by atoms with E-state index in [1.807, 2.05) is 14.1 Å². The average Bonchev–Trinajstić information content (AvgIpc) is 3.05. The molecule has 0 aromatic heterocycles. The molecule has 0 radical (unpaired) electrons. The number of carbonyl (C=O) groups excluding carboxylic acids is 1. The summed E-state index contributed by atoms with van der Waals surface area (Å²) in [4.78, 5) is 14.5. The van der Waals surface area contributed by atoms with Crippen molar-refractivity contribution in [2.24, 2.45) is 0 Å². The molecule has 0 heterocycles. The normalized spacial score (nSPS) is 12.9. The molecule has 1 amide bonds. The number of alkyl carbamates (subject to hydrolysis) is 1. The molecule has 0 rings (SSSR count). The van der Waals surface area contributed by atoms with Crippen LogP contribution in [0.3, 0.4) is 0 Å². The summed E-state index contributed by atoms with van der Waals surface area (Å²) >= 11 is 0. The number of rotatable bonds is 35. The fourth-order valence-electron chi connectivity index (χ4n) is 5.73. The van der Waals surface area contributed by atoms with Gasteiger partial charge in [0.2, 0.25) is 0 Å². The number of nitrogens with one attached hydrogen (secondary N) is 1. The Labute approximate surface area is 294 Å². The number of amides is 1. The second-order valence-electron chi connectivity index (χ2n) is 13.9. The van der Waals surface area contributed by atoms with E-state index in [4.69, 9.17) is 4.74 Å². The van der Waals surface area contributed by atoms with Gasteiger partial charge in [-0.25, -0.2) is 4.79 Å². The van der Waals surface area contributed by atoms with Crippen molar-refractivity contribution >= 4 is 6.09 Å². The molecule has 0 aliphatic carbocycles. The first-order chi connectivity index (χ1) is 23.1. The average molecular weight is 657 g/mol. The van der Waals surface area contributed by atoms with Gasteiger partial charge in [-0.3, -0.25) is 0 Å². The third-order valence-electron chi connectivity index (χ3n) is 8.81. The van der Waals surface area contributed by atoms with E-state index in [1.165, 1.54) is 135 Å². The number of likely N-dealkylation sites (N-methyl/N-ethyl adjacent to an activating group) is 1. The van der Waals surface area contributed by atoms with Crippen LogP contribution in [0.1, 0.15) is 187 Å². The van der Waals surface area contributed by atoms with E-state index in [2.05, 4.69) is 72.7 Å². The van der Waals surface area contributed by atoms with E-state index in [0.717, 1.165) is 45.1 Å². The molecule has 0 bridgehead atoms. The largest absolute Gasteiger partial charge is 0.446 e. The smallest absolute Gasteiger partial charge is 0.407 e. The Morgan fingerprint density at radius 1 is 0.532 bits per heavy atom. The molecule has 0 saturated carbocycles. The minimum atomic E-state index is -0.242. The minimum absolute atomic E-state index is 0.0539. The van der Waals surface area contributed by atoms with Crippen molar-refractivity contribution < 1.29 is 9.53 Å². The second-order valence-corrected chi connectivity index (χ2v) is 13.9. The predicted molar refractivity (Wildman–Crippen MR) is 209 cm³/mol. The van der Waals surface area contributed by atoms with Crippen LogP contribution in [-0.4, -0.2) is 44.3 Å². The van der Waals surface area contributed by atoms with Crippen LogP contribution in [0.5, 0.6) is 0 Å². The zero-order chi connectivity index (χ0) is 34.3. The molecular weight excluding hydrogens is 576 g/mol. The van der Waals surface area contributed by atoms with Crippen LogP contribution in [0.15, 0.2) is 48.6 Å². The summed E-state index contributed by atoms with van der Waals surface area (Å²) in [7, 11) is 4.04. The molecule has 0 aliphatic heterocycles. The highest BCUT2D eigenvalue weighted by atomic mass is 16.6. The van der Waals surface area contributed by atoms with E-state index in [0.29, 0.717) is 6.54 Å². The lowest BCUT2D eigenvalue weighted by Crippen LogP contribution is -2.34. The van der Waals surface area contributed by atoms with Crippen LogP contribution in [0, 0.1) is 0 Å². The number of carbonyl (C=O) groups is 1. The standard InChI is InChI=1S/C43H80N2O2/c1-5-7-9-11-13-15-17-19-21-23-25-27-29-31-33-35-37-39-42(47-43(46)44-40-41-45(3)4)38-36-34-32-30-28-26-24-22-20-18-16-14-12-10-8-6-2/h13-16,19-22,42H,5-12,17-18,23-41H2,1-4H3,(H,44,46). The van der Waals surface area contributed by atoms with Crippen molar-refractivity contribution in [1.29, 1.82) is 0 Å². The number of nitrogens with zero attached hydrogens (tertiary/aromatic N) is 1. The van der Waals surface area contributed by atoms with Crippen molar-refractivity contribution in [2.75, 3.05) is 27.2 Å². The summed E-state index contributed by atoms with van der Waals surface area (Å²) in [6.45, 7) is 5.99. The molecule has 0 aliphatic rings. The number of unbranched alkanes of at least 4 members (excludes halogenated alkanes) is 19. The lowest BCUT2D eigenvalue weighted by molar-refractivity contribution is 0.0837. The van der Waals surface area contributed by atoms with Gasteiger partial charge >= 0.3 is 6.09 Å². The highest BCUT2D eigenvalue weighted by Crippen LogP contribution is 2.18. The van der Waals surface area contributed by atoms with E-state index < -0.39 is 0 Å². The van der Waals surface area contributed by atoms with Gasteiger partial charge in [-0.1, -0.05) is 146 Å². The topological polar surface area (TPSA) is 41.6 Å². The summed E-state index contributed by atoms with van der Waals surface area (Å²) in [5.41, 5.74) is 0. The molecule has 274 valence electrons. The number of ether oxygens (including phenoxy) is 1. The van der Waals surface area contributed by atoms with Crippen molar-refractivity contribution in [1.82, 2.24) is 10.2 Å². The quantitative estimate of drug-likeness (QED) is 0.0545. The third-order valence-corrected chi connectivity index (χ3v) is 8.81. The van der Waals surface area contributed by atoms with Crippen molar-refractivity contribution in [3.05, 3.63) is 48.6 Å². The first kappa shape index (κ1) is 45.2. The van der Waals surface area contributed by atoms with Crippen molar-refractivity contribution in [3.8, 4) is 0 Å². The predicted octanol–water partition coefficient (Wildman–Crippen LogP) is 13.4. The lowest BCUT2D eigenvalue weighted by atomic mass is 10.0. The van der Waals surface area contributed by atoms with E-state index in [-0.39, 0.29) is 12.2 Å². The number of hydrogen-bond donors (Lipinski definition) is 1. The van der Waals surface area contributed by atoms with Crippen LogP contribution < -0.4 is 5.32 Å². The Balaban J connectivity index is 3.99. The zero-order valence-electron chi connectivity index (χ0n) is 32.0. The summed E-state index contributed by atoms with van der Waals surface area (Å²) in [5.74, 6) is 0. The first-order valence-electron chi connectivity index (χ1n) is 20.3. The third kappa shape index (κ3) is 38.5. The number of hydrogen-bond acceptors (Lipinski definition) is 3. The molecule has 0 aromatic carbocycles. The van der Waals surface area contributed by atoms with Gasteiger partial charge in [0.1, 0.15) is 6.10 Å². The highest BCUT2D eigenvalue weighted by molar-refractivity contribution is 5.67. The molecule has 1 unspecified atom stereocenters. The molecule has 0 fully saturated rings. The number of allylic oxidation sites excluding steroid dienone is 8. The second kappa shape index (κ2) is 38.6. The highest BCUT2D eigenvalue weighted by Gasteiger charge is 2.14. The van der Waals surface area contributed by atoms with Crippen LogP contribution >= 0.6 is 0 Å². The van der Waals surface area contributed by atoms with Crippen LogP contribution in [0.4, 0.5) is 4.79 Å². The zero-order valence-corrected chi connectivity index (χ0v) is 32.0. The fraction of sp³-hybridized carbons (Fsp3) is 0.791. The van der Waals surface area contributed by atoms with Gasteiger partial charge in [0, 0.05) is 13.1 Å². The van der Waals surface area contributed by atoms with E-state index >= 15 is 0 Å². The van der Waals surface area contributed by atoms with Gasteiger partial charge in [-0.2, -0.15) is 0 Å². The molecule has 4 nitrogen and oxygen atoms in total. The van der Waals surface area contributed by atoms with Gasteiger partial charge in [0.25, 0.3) is 0 Å². The van der Waals surface area contributed by atoms with Gasteiger partial charge < -0.3 is 15.0 Å². The van der Waals surface area contributed by atoms with Crippen LogP contribution in [-0.2, 0) is 4.74 Å². The molecule has 1 atom stereocenters. The first-order valence-corrected chi connectivity index (χ1v) is 20.3. The maximum atomic E-state index is 12.4. The lowest BCUT2D eigenvalue weighted by Gasteiger charge is -2.19. The molecule has 0 spiro atoms. The van der Waals surface area contributed by atoms with Crippen LogP contribution in [0.2, 0.25) is 0 Å². The molecule has 0 aromatic rings. The Morgan fingerprint density at radius 3 is 1.28 bits per heavy atom. The molecule has 1 N–H and O–H groups in total. The SMILES string of the molecule is CCCCCC=CCC=CCCCCCCCCCC(CCCCCCCCC=CCC=CCCCCC)OC(=O)NCCN(C)C. The van der Waals surface area contributed by atoms with Crippen molar-refractivity contribution in [2.45, 2.75) is 193 Å². The Morgan fingerprint density at radius 2 is 0.894 bits per heavy atom. The maximum absolute atomic E-state index is 12.4. The summed E-state index contributed by atoms with van der Waals surface area (Å²) in [6, 6.07) is 0.